The van der Waals surface area contributed by atoms with Gasteiger partial charge in [-0.05, 0) is 31.9 Å². The van der Waals surface area contributed by atoms with Gasteiger partial charge in [-0.1, -0.05) is 0 Å². The molecule has 45 heavy (non-hydrogen) atoms. The predicted molar refractivity (Wildman–Crippen MR) is 155 cm³/mol. The van der Waals surface area contributed by atoms with Gasteiger partial charge in [0.15, 0.2) is 17.3 Å². The molecule has 12 nitrogen and oxygen atoms in total. The first-order valence-corrected chi connectivity index (χ1v) is 14.5. The molecule has 0 radical (unpaired) electrons. The minimum Gasteiger partial charge on any atom is -0.465 e. The van der Waals surface area contributed by atoms with Gasteiger partial charge in [-0.25, -0.2) is 27.7 Å². The number of aromatic nitrogens is 3. The van der Waals surface area contributed by atoms with Crippen LogP contribution in [0.15, 0.2) is 12.4 Å². The molecular formula is C29H25F3N6O6S. The number of likely N-dealkylation sites (tertiary alicyclic amines) is 1. The third kappa shape index (κ3) is 5.53. The van der Waals surface area contributed by atoms with Crippen LogP contribution in [0.4, 0.5) is 27.8 Å². The second-order valence-electron chi connectivity index (χ2n) is 11.7. The highest BCUT2D eigenvalue weighted by Gasteiger charge is 2.41. The number of carbonyl (C=O) groups is 2. The number of rotatable bonds is 5. The van der Waals surface area contributed by atoms with Crippen LogP contribution in [0.5, 0.6) is 6.01 Å². The van der Waals surface area contributed by atoms with Crippen LogP contribution in [0.2, 0.25) is 0 Å². The van der Waals surface area contributed by atoms with Crippen molar-refractivity contribution in [2.75, 3.05) is 25.0 Å². The molecule has 0 aliphatic carbocycles. The maximum absolute atomic E-state index is 16.6. The predicted octanol–water partition coefficient (Wildman–Crippen LogP) is 5.90. The first-order chi connectivity index (χ1) is 21.3. The van der Waals surface area contributed by atoms with E-state index in [-0.39, 0.29) is 69.6 Å². The topological polar surface area (TPSA) is 160 Å². The number of nitrogens with zero attached hydrogens (tertiary/aromatic N) is 5. The molecule has 1 fully saturated rings. The van der Waals surface area contributed by atoms with Crippen molar-refractivity contribution >= 4 is 49.5 Å². The number of alkyl halides is 1. The Kier molecular flexibility index (Phi) is 7.40. The molecule has 0 saturated carbocycles. The Morgan fingerprint density at radius 2 is 2.00 bits per heavy atom. The van der Waals surface area contributed by atoms with Crippen LogP contribution in [0.3, 0.4) is 0 Å². The summed E-state index contributed by atoms with van der Waals surface area (Å²) in [6, 6.07) is 1.63. The van der Waals surface area contributed by atoms with Gasteiger partial charge in [-0.3, -0.25) is 10.3 Å². The molecule has 234 valence electrons. The first-order valence-electron chi connectivity index (χ1n) is 13.7. The molecule has 2 aliphatic heterocycles. The quantitative estimate of drug-likeness (QED) is 0.268. The average Bonchev–Trinajstić information content (AvgIpc) is 3.70. The number of benzene rings is 1. The molecule has 0 bridgehead atoms. The van der Waals surface area contributed by atoms with Crippen LogP contribution in [0.1, 0.15) is 43.9 Å². The number of fused-ring (bicyclic) bond motifs is 4. The minimum absolute atomic E-state index is 0.000682. The van der Waals surface area contributed by atoms with Crippen molar-refractivity contribution in [1.29, 1.82) is 5.26 Å². The smallest absolute Gasteiger partial charge is 0.412 e. The molecule has 3 aromatic heterocycles. The van der Waals surface area contributed by atoms with Gasteiger partial charge in [-0.2, -0.15) is 10.2 Å². The first kappa shape index (κ1) is 30.3. The molecule has 2 N–H and O–H groups in total. The highest BCUT2D eigenvalue weighted by Crippen LogP contribution is 2.46. The lowest BCUT2D eigenvalue weighted by atomic mass is 9.94. The van der Waals surface area contributed by atoms with E-state index in [1.54, 1.807) is 20.8 Å². The molecule has 16 heteroatoms. The Hall–Kier alpha value is -4.75. The lowest BCUT2D eigenvalue weighted by Gasteiger charge is -2.19. The fraction of sp³-hybridized carbons (Fsp3) is 0.379. The Balaban J connectivity index is 1.44. The highest BCUT2D eigenvalue weighted by molar-refractivity contribution is 7.23. The van der Waals surface area contributed by atoms with Gasteiger partial charge < -0.3 is 24.2 Å². The number of nitrogens with one attached hydrogen (secondary N) is 1. The molecule has 0 spiro atoms. The molecule has 1 atom stereocenters. The molecule has 1 saturated heterocycles. The van der Waals surface area contributed by atoms with Crippen LogP contribution in [-0.4, -0.2) is 68.1 Å². The SMILES string of the molecule is CC(C)(C)OC(=O)Nc1sc2c(F)cnc(-c3c4c(c5cnc(OCC6(F)CCN(C(=O)O)C6)nc5c3F)COC4)c2c1C#N. The highest BCUT2D eigenvalue weighted by atomic mass is 32.1. The molecular weight excluding hydrogens is 617 g/mol. The Morgan fingerprint density at radius 1 is 1.24 bits per heavy atom. The maximum Gasteiger partial charge on any atom is 0.412 e. The van der Waals surface area contributed by atoms with E-state index < -0.39 is 48.2 Å². The molecule has 1 unspecified atom stereocenters. The van der Waals surface area contributed by atoms with Gasteiger partial charge in [0.1, 0.15) is 28.8 Å². The third-order valence-electron chi connectivity index (χ3n) is 7.34. The summed E-state index contributed by atoms with van der Waals surface area (Å²) in [4.78, 5) is 37.1. The second kappa shape index (κ2) is 11.0. The van der Waals surface area contributed by atoms with Crippen molar-refractivity contribution in [2.24, 2.45) is 0 Å². The lowest BCUT2D eigenvalue weighted by Crippen LogP contribution is -2.36. The Labute approximate surface area is 257 Å². The number of carbonyl (C=O) groups excluding carboxylic acids is 1. The van der Waals surface area contributed by atoms with Crippen molar-refractivity contribution in [3.05, 3.63) is 40.7 Å². The van der Waals surface area contributed by atoms with E-state index in [9.17, 15) is 14.9 Å². The van der Waals surface area contributed by atoms with Crippen molar-refractivity contribution in [1.82, 2.24) is 19.9 Å². The number of thiophene rings is 1. The van der Waals surface area contributed by atoms with Crippen LogP contribution in [0.25, 0.3) is 32.2 Å². The lowest BCUT2D eigenvalue weighted by molar-refractivity contribution is 0.0636. The number of nitriles is 1. The zero-order valence-corrected chi connectivity index (χ0v) is 25.0. The number of halogens is 3. The van der Waals surface area contributed by atoms with E-state index in [0.717, 1.165) is 22.4 Å². The molecule has 4 aromatic rings. The number of hydrogen-bond acceptors (Lipinski definition) is 10. The standard InChI is InChI=1S/C29H25F3N6O6S/c1-28(2,3)44-26(39)37-24-13(6-33)19-22(34-8-17(30)23(19)45-24)18-16-10-42-9-15(16)14-7-35-25(36-21(14)20(18)31)43-12-29(32)4-5-38(11-29)27(40)41/h7-8H,4-5,9-12H2,1-3H3,(H,37,39)(H,40,41). The average molecular weight is 643 g/mol. The zero-order valence-electron chi connectivity index (χ0n) is 24.2. The fourth-order valence-corrected chi connectivity index (χ4v) is 6.41. The summed E-state index contributed by atoms with van der Waals surface area (Å²) in [6.45, 7) is 4.09. The van der Waals surface area contributed by atoms with Crippen molar-refractivity contribution < 1.29 is 42.1 Å². The van der Waals surface area contributed by atoms with Crippen LogP contribution < -0.4 is 10.1 Å². The van der Waals surface area contributed by atoms with E-state index >= 15 is 13.2 Å². The van der Waals surface area contributed by atoms with Crippen molar-refractivity contribution in [2.45, 2.75) is 51.7 Å². The monoisotopic (exact) mass is 642 g/mol. The fourth-order valence-electron chi connectivity index (χ4n) is 5.37. The normalized spacial score (nSPS) is 17.8. The summed E-state index contributed by atoms with van der Waals surface area (Å²) in [7, 11) is 0. The van der Waals surface area contributed by atoms with Gasteiger partial charge in [0.2, 0.25) is 0 Å². The summed E-state index contributed by atoms with van der Waals surface area (Å²) in [5.74, 6) is -1.67. The molecule has 1 aromatic carbocycles. The van der Waals surface area contributed by atoms with E-state index in [1.807, 2.05) is 6.07 Å². The number of hydrogen-bond donors (Lipinski definition) is 2. The van der Waals surface area contributed by atoms with E-state index in [2.05, 4.69) is 20.3 Å². The third-order valence-corrected chi connectivity index (χ3v) is 8.46. The van der Waals surface area contributed by atoms with Crippen LogP contribution in [-0.2, 0) is 22.7 Å². The molecule has 5 heterocycles. The molecule has 2 aliphatic rings. The van der Waals surface area contributed by atoms with Crippen molar-refractivity contribution in [3.63, 3.8) is 0 Å². The summed E-state index contributed by atoms with van der Waals surface area (Å²) in [6.07, 6.45) is 0.0242. The van der Waals surface area contributed by atoms with Gasteiger partial charge in [0, 0.05) is 35.5 Å². The minimum atomic E-state index is -1.98. The number of amides is 2. The second-order valence-corrected chi connectivity index (χ2v) is 12.7. The summed E-state index contributed by atoms with van der Waals surface area (Å²) in [5, 5.41) is 22.0. The number of ether oxygens (including phenoxy) is 3. The van der Waals surface area contributed by atoms with Gasteiger partial charge in [0.25, 0.3) is 0 Å². The van der Waals surface area contributed by atoms with Gasteiger partial charge in [-0.15, -0.1) is 11.3 Å². The van der Waals surface area contributed by atoms with Gasteiger partial charge >= 0.3 is 18.2 Å². The summed E-state index contributed by atoms with van der Waals surface area (Å²) >= 11 is 0.779. The zero-order chi connectivity index (χ0) is 32.3. The number of carboxylic acid groups (broad SMARTS) is 1. The van der Waals surface area contributed by atoms with E-state index in [1.165, 1.54) is 6.20 Å². The van der Waals surface area contributed by atoms with Crippen molar-refractivity contribution in [3.8, 4) is 23.3 Å². The van der Waals surface area contributed by atoms with Crippen LogP contribution in [0, 0.1) is 23.0 Å². The molecule has 2 amide bonds. The molecule has 6 rings (SSSR count). The van der Waals surface area contributed by atoms with Crippen LogP contribution >= 0.6 is 11.3 Å². The van der Waals surface area contributed by atoms with E-state index in [4.69, 9.17) is 19.3 Å². The van der Waals surface area contributed by atoms with E-state index in [0.29, 0.717) is 16.5 Å². The Morgan fingerprint density at radius 3 is 2.69 bits per heavy atom. The summed E-state index contributed by atoms with van der Waals surface area (Å²) in [5.41, 5.74) is -2.37. The Bertz CT molecular complexity index is 1940. The summed E-state index contributed by atoms with van der Waals surface area (Å²) < 4.78 is 63.2. The van der Waals surface area contributed by atoms with Gasteiger partial charge in [0.05, 0.1) is 41.9 Å². The maximum atomic E-state index is 16.6. The number of anilines is 1. The largest absolute Gasteiger partial charge is 0.465 e. The number of pyridine rings is 1.